The van der Waals surface area contributed by atoms with Gasteiger partial charge in [0.2, 0.25) is 10.9 Å². The van der Waals surface area contributed by atoms with E-state index in [1.807, 2.05) is 4.72 Å². The van der Waals surface area contributed by atoms with E-state index < -0.39 is 27.0 Å². The van der Waals surface area contributed by atoms with Crippen LogP contribution in [0.15, 0.2) is 23.5 Å². The van der Waals surface area contributed by atoms with Crippen molar-refractivity contribution < 1.29 is 18.0 Å². The largest absolute Gasteiger partial charge is 0.333 e. The van der Waals surface area contributed by atoms with E-state index in [1.165, 1.54) is 30.4 Å². The van der Waals surface area contributed by atoms with Gasteiger partial charge in [0.1, 0.15) is 0 Å². The number of aromatic nitrogens is 2. The zero-order valence-corrected chi connectivity index (χ0v) is 16.7. The summed E-state index contributed by atoms with van der Waals surface area (Å²) >= 11 is 0. The lowest BCUT2D eigenvalue weighted by molar-refractivity contribution is -0.114. The molecule has 0 bridgehead atoms. The van der Waals surface area contributed by atoms with Crippen LogP contribution in [0.2, 0.25) is 0 Å². The number of carbonyl (C=O) groups is 2. The van der Waals surface area contributed by atoms with Crippen molar-refractivity contribution in [3.05, 3.63) is 40.7 Å². The zero-order chi connectivity index (χ0) is 20.6. The molecule has 2 aliphatic rings. The first-order chi connectivity index (χ1) is 13.8. The van der Waals surface area contributed by atoms with Gasteiger partial charge in [0, 0.05) is 25.0 Å². The van der Waals surface area contributed by atoms with Crippen LogP contribution in [0.4, 0.5) is 16.3 Å². The Morgan fingerprint density at radius 1 is 0.931 bits per heavy atom. The molecule has 0 fully saturated rings. The molecule has 152 valence electrons. The molecule has 9 nitrogen and oxygen atoms in total. The van der Waals surface area contributed by atoms with Gasteiger partial charge in [-0.05, 0) is 60.8 Å². The van der Waals surface area contributed by atoms with Crippen LogP contribution in [-0.4, -0.2) is 30.3 Å². The van der Waals surface area contributed by atoms with Crippen molar-refractivity contribution in [1.29, 1.82) is 0 Å². The molecule has 4 rings (SSSR count). The highest BCUT2D eigenvalue weighted by molar-refractivity contribution is 7.90. The van der Waals surface area contributed by atoms with E-state index in [-0.39, 0.29) is 5.82 Å². The number of nitrogens with zero attached hydrogens (tertiary/aromatic N) is 2. The Morgan fingerprint density at radius 2 is 1.55 bits per heavy atom. The van der Waals surface area contributed by atoms with E-state index in [4.69, 9.17) is 0 Å². The maximum atomic E-state index is 12.7. The molecule has 2 aromatic rings. The number of urea groups is 1. The average molecular weight is 415 g/mol. The number of amides is 3. The monoisotopic (exact) mass is 415 g/mol. The molecule has 10 heteroatoms. The molecule has 0 saturated carbocycles. The van der Waals surface area contributed by atoms with Crippen LogP contribution >= 0.6 is 0 Å². The fraction of sp³-hybridized carbons (Fsp3) is 0.368. The summed E-state index contributed by atoms with van der Waals surface area (Å²) in [7, 11) is -4.33. The number of hydrogen-bond acceptors (Lipinski definition) is 6. The van der Waals surface area contributed by atoms with E-state index in [0.29, 0.717) is 0 Å². The van der Waals surface area contributed by atoms with Gasteiger partial charge in [-0.1, -0.05) is 6.07 Å². The lowest BCUT2D eigenvalue weighted by atomic mass is 9.99. The highest BCUT2D eigenvalue weighted by Gasteiger charge is 2.28. The lowest BCUT2D eigenvalue weighted by Gasteiger charge is -2.16. The van der Waals surface area contributed by atoms with Gasteiger partial charge in [0.05, 0.1) is 0 Å². The highest BCUT2D eigenvalue weighted by Crippen LogP contribution is 2.38. The molecular weight excluding hydrogens is 394 g/mol. The average Bonchev–Trinajstić information content (AvgIpc) is 3.30. The minimum absolute atomic E-state index is 0.234. The van der Waals surface area contributed by atoms with Gasteiger partial charge in [-0.3, -0.25) is 4.79 Å². The predicted octanol–water partition coefficient (Wildman–Crippen LogP) is 1.92. The zero-order valence-electron chi connectivity index (χ0n) is 15.9. The van der Waals surface area contributed by atoms with Crippen molar-refractivity contribution in [2.45, 2.75) is 50.5 Å². The Hall–Kier alpha value is -3.01. The van der Waals surface area contributed by atoms with Gasteiger partial charge in [-0.25, -0.2) is 19.5 Å². The summed E-state index contributed by atoms with van der Waals surface area (Å²) in [6.07, 6.45) is 8.13. The van der Waals surface area contributed by atoms with Gasteiger partial charge in [0.15, 0.2) is 5.82 Å². The fourth-order valence-electron chi connectivity index (χ4n) is 4.05. The van der Waals surface area contributed by atoms with E-state index in [0.717, 1.165) is 55.3 Å². The molecule has 0 spiro atoms. The number of anilines is 2. The van der Waals surface area contributed by atoms with E-state index in [9.17, 15) is 18.0 Å². The number of nitrogens with one attached hydrogen (secondary N) is 3. The predicted molar refractivity (Wildman–Crippen MR) is 106 cm³/mol. The van der Waals surface area contributed by atoms with Crippen LogP contribution in [0.5, 0.6) is 0 Å². The summed E-state index contributed by atoms with van der Waals surface area (Å²) in [6.45, 7) is 1.22. The van der Waals surface area contributed by atoms with Crippen molar-refractivity contribution in [3.63, 3.8) is 0 Å². The van der Waals surface area contributed by atoms with Crippen LogP contribution in [0.1, 0.15) is 42.0 Å². The first-order valence-electron chi connectivity index (χ1n) is 9.44. The molecule has 1 aromatic carbocycles. The van der Waals surface area contributed by atoms with Gasteiger partial charge in [-0.2, -0.15) is 8.42 Å². The highest BCUT2D eigenvalue weighted by atomic mass is 32.2. The molecule has 1 heterocycles. The van der Waals surface area contributed by atoms with Crippen molar-refractivity contribution >= 4 is 33.5 Å². The molecule has 0 aliphatic heterocycles. The number of hydrogen-bond donors (Lipinski definition) is 3. The van der Waals surface area contributed by atoms with Gasteiger partial charge in [0.25, 0.3) is 10.0 Å². The quantitative estimate of drug-likeness (QED) is 0.699. The SMILES string of the molecule is CC(=O)Nc1nccnc1S(=O)(=O)NC(=O)Nc1c2c(cc3c1CCC3)CCC2. The summed E-state index contributed by atoms with van der Waals surface area (Å²) < 4.78 is 27.3. The molecule has 0 radical (unpaired) electrons. The molecule has 3 N–H and O–H groups in total. The van der Waals surface area contributed by atoms with Crippen LogP contribution in [0.3, 0.4) is 0 Å². The number of carbonyl (C=O) groups excluding carboxylic acids is 2. The van der Waals surface area contributed by atoms with Gasteiger partial charge >= 0.3 is 6.03 Å². The standard InChI is InChI=1S/C19H21N5O4S/c1-11(25)22-17-18(21-9-8-20-17)29(27,28)24-19(26)23-16-14-6-2-4-12(14)10-13-5-3-7-15(13)16/h8-10H,2-7H2,1H3,(H,20,22,25)(H2,23,24,26). The summed E-state index contributed by atoms with van der Waals surface area (Å²) in [5.41, 5.74) is 5.38. The Kier molecular flexibility index (Phi) is 4.95. The van der Waals surface area contributed by atoms with E-state index in [1.54, 1.807) is 0 Å². The van der Waals surface area contributed by atoms with Gasteiger partial charge in [-0.15, -0.1) is 0 Å². The molecule has 1 aromatic heterocycles. The molecule has 2 aliphatic carbocycles. The number of rotatable bonds is 4. The van der Waals surface area contributed by atoms with Crippen molar-refractivity contribution in [2.24, 2.45) is 0 Å². The number of fused-ring (bicyclic) bond motifs is 2. The minimum Gasteiger partial charge on any atom is -0.308 e. The maximum Gasteiger partial charge on any atom is 0.333 e. The smallest absolute Gasteiger partial charge is 0.308 e. The summed E-state index contributed by atoms with van der Waals surface area (Å²) in [4.78, 5) is 31.5. The third-order valence-electron chi connectivity index (χ3n) is 5.15. The Balaban J connectivity index is 1.60. The molecular formula is C19H21N5O4S. The third kappa shape index (κ3) is 3.80. The number of sulfonamides is 1. The van der Waals surface area contributed by atoms with Gasteiger partial charge < -0.3 is 10.6 Å². The van der Waals surface area contributed by atoms with Crippen LogP contribution in [0.25, 0.3) is 0 Å². The second-order valence-corrected chi connectivity index (χ2v) is 8.78. The first kappa shape index (κ1) is 19.3. The Bertz CT molecular complexity index is 1080. The van der Waals surface area contributed by atoms with Crippen LogP contribution in [-0.2, 0) is 40.5 Å². The molecule has 0 saturated heterocycles. The van der Waals surface area contributed by atoms with Crippen molar-refractivity contribution in [2.75, 3.05) is 10.6 Å². The summed E-state index contributed by atoms with van der Waals surface area (Å²) in [6, 6.07) is 1.36. The topological polar surface area (TPSA) is 130 Å². The van der Waals surface area contributed by atoms with Crippen LogP contribution in [0, 0.1) is 0 Å². The summed E-state index contributed by atoms with van der Waals surface area (Å²) in [5.74, 6) is -0.733. The molecule has 0 atom stereocenters. The second kappa shape index (κ2) is 7.43. The normalized spacial score (nSPS) is 14.8. The maximum absolute atomic E-state index is 12.7. The molecule has 29 heavy (non-hydrogen) atoms. The van der Waals surface area contributed by atoms with E-state index >= 15 is 0 Å². The minimum atomic E-state index is -4.33. The van der Waals surface area contributed by atoms with Crippen LogP contribution < -0.4 is 15.4 Å². The third-order valence-corrected chi connectivity index (χ3v) is 6.41. The van der Waals surface area contributed by atoms with E-state index in [2.05, 4.69) is 26.7 Å². The summed E-state index contributed by atoms with van der Waals surface area (Å²) in [5, 5.41) is 4.55. The lowest BCUT2D eigenvalue weighted by Crippen LogP contribution is -2.36. The Morgan fingerprint density at radius 3 is 2.17 bits per heavy atom. The Labute approximate surface area is 168 Å². The van der Waals surface area contributed by atoms with Crippen molar-refractivity contribution in [3.8, 4) is 0 Å². The second-order valence-electron chi connectivity index (χ2n) is 7.18. The fourth-order valence-corrected chi connectivity index (χ4v) is 5.00. The first-order valence-corrected chi connectivity index (χ1v) is 10.9. The molecule has 0 unspecified atom stereocenters. The number of benzene rings is 1. The number of aryl methyl sites for hydroxylation is 2. The van der Waals surface area contributed by atoms with Crippen molar-refractivity contribution in [1.82, 2.24) is 14.7 Å². The molecule has 3 amide bonds.